The fourth-order valence-corrected chi connectivity index (χ4v) is 6.32. The largest absolute Gasteiger partial charge is 0.508 e. The minimum absolute atomic E-state index is 0.104. The Labute approximate surface area is 265 Å². The van der Waals surface area contributed by atoms with Crippen LogP contribution >= 0.6 is 0 Å². The SMILES string of the molecule is CCC[N+]1(Cc2ccc(O)cc2)CCC[C@@H](N(C(=O)Nc2ccc(C(=O)OC(C)C)cc2)[C@@H](Cc2ccc(O)cc2)C(N)=O)C1. The summed E-state index contributed by atoms with van der Waals surface area (Å²) in [4.78, 5) is 41.2. The number of anilines is 1. The van der Waals surface area contributed by atoms with Crippen molar-refractivity contribution in [2.45, 2.75) is 71.2 Å². The van der Waals surface area contributed by atoms with Gasteiger partial charge in [-0.2, -0.15) is 0 Å². The molecule has 3 amide bonds. The summed E-state index contributed by atoms with van der Waals surface area (Å²) in [7, 11) is 0. The Bertz CT molecular complexity index is 1440. The number of carbonyl (C=O) groups is 3. The van der Waals surface area contributed by atoms with Gasteiger partial charge in [0, 0.05) is 17.7 Å². The van der Waals surface area contributed by atoms with Gasteiger partial charge in [-0.3, -0.25) is 4.79 Å². The fourth-order valence-electron chi connectivity index (χ4n) is 6.32. The number of nitrogens with two attached hydrogens (primary N) is 1. The number of likely N-dealkylation sites (tertiary alicyclic amines) is 1. The van der Waals surface area contributed by atoms with Crippen LogP contribution in [0.3, 0.4) is 0 Å². The van der Waals surface area contributed by atoms with Crippen molar-refractivity contribution >= 4 is 23.6 Å². The van der Waals surface area contributed by atoms with Gasteiger partial charge in [-0.1, -0.05) is 19.1 Å². The van der Waals surface area contributed by atoms with E-state index in [1.54, 1.807) is 79.4 Å². The molecule has 1 fully saturated rings. The molecule has 3 aromatic rings. The molecule has 1 saturated heterocycles. The van der Waals surface area contributed by atoms with Crippen LogP contribution in [0.2, 0.25) is 0 Å². The van der Waals surface area contributed by atoms with Gasteiger partial charge in [-0.25, -0.2) is 9.59 Å². The maximum atomic E-state index is 14.2. The number of nitrogens with one attached hydrogen (secondary N) is 1. The maximum absolute atomic E-state index is 14.2. The van der Waals surface area contributed by atoms with E-state index >= 15 is 0 Å². The van der Waals surface area contributed by atoms with E-state index in [2.05, 4.69) is 12.2 Å². The van der Waals surface area contributed by atoms with E-state index in [9.17, 15) is 24.6 Å². The van der Waals surface area contributed by atoms with Crippen molar-refractivity contribution in [3.05, 3.63) is 89.5 Å². The fraction of sp³-hybridized carbons (Fsp3) is 0.400. The van der Waals surface area contributed by atoms with E-state index in [-0.39, 0.29) is 30.1 Å². The molecule has 5 N–H and O–H groups in total. The lowest BCUT2D eigenvalue weighted by atomic mass is 9.95. The second kappa shape index (κ2) is 14.9. The van der Waals surface area contributed by atoms with Crippen LogP contribution in [-0.4, -0.2) is 75.3 Å². The van der Waals surface area contributed by atoms with Crippen LogP contribution < -0.4 is 11.1 Å². The zero-order chi connectivity index (χ0) is 32.6. The molecule has 0 saturated carbocycles. The van der Waals surface area contributed by atoms with Gasteiger partial charge < -0.3 is 35.4 Å². The van der Waals surface area contributed by atoms with Crippen LogP contribution in [0.5, 0.6) is 11.5 Å². The Kier molecular flexibility index (Phi) is 11.1. The normalized spacial score (nSPS) is 18.6. The van der Waals surface area contributed by atoms with Crippen LogP contribution in [0, 0.1) is 0 Å². The quantitative estimate of drug-likeness (QED) is 0.163. The zero-order valence-corrected chi connectivity index (χ0v) is 26.3. The molecule has 1 aliphatic heterocycles. The van der Waals surface area contributed by atoms with Crippen molar-refractivity contribution in [3.8, 4) is 11.5 Å². The van der Waals surface area contributed by atoms with Gasteiger partial charge in [-0.05, 0) is 99.3 Å². The second-order valence-corrected chi connectivity index (χ2v) is 12.2. The molecule has 4 rings (SSSR count). The number of piperidine rings is 1. The van der Waals surface area contributed by atoms with E-state index in [1.807, 2.05) is 12.1 Å². The molecule has 3 aromatic carbocycles. The highest BCUT2D eigenvalue weighted by molar-refractivity contribution is 5.95. The van der Waals surface area contributed by atoms with Crippen LogP contribution in [0.1, 0.15) is 61.5 Å². The Balaban J connectivity index is 1.65. The number of primary amides is 1. The molecule has 10 heteroatoms. The summed E-state index contributed by atoms with van der Waals surface area (Å²) in [5.74, 6) is -0.757. The third-order valence-electron chi connectivity index (χ3n) is 8.29. The third kappa shape index (κ3) is 8.98. The first-order valence-corrected chi connectivity index (χ1v) is 15.6. The molecule has 10 nitrogen and oxygen atoms in total. The lowest BCUT2D eigenvalue weighted by Gasteiger charge is -2.48. The van der Waals surface area contributed by atoms with E-state index in [0.29, 0.717) is 24.2 Å². The first-order valence-electron chi connectivity index (χ1n) is 15.6. The van der Waals surface area contributed by atoms with Gasteiger partial charge in [0.15, 0.2) is 0 Å². The smallest absolute Gasteiger partial charge is 0.338 e. The lowest BCUT2D eigenvalue weighted by molar-refractivity contribution is -0.946. The summed E-state index contributed by atoms with van der Waals surface area (Å²) in [5, 5.41) is 22.6. The second-order valence-electron chi connectivity index (χ2n) is 12.2. The number of ether oxygens (including phenoxy) is 1. The van der Waals surface area contributed by atoms with Crippen LogP contribution in [0.15, 0.2) is 72.8 Å². The molecule has 1 unspecified atom stereocenters. The van der Waals surface area contributed by atoms with E-state index in [0.717, 1.165) is 48.1 Å². The van der Waals surface area contributed by atoms with E-state index < -0.39 is 23.9 Å². The molecule has 0 bridgehead atoms. The van der Waals surface area contributed by atoms with Crippen molar-refractivity contribution in [1.29, 1.82) is 0 Å². The van der Waals surface area contributed by atoms with Crippen LogP contribution in [-0.2, 0) is 22.5 Å². The topological polar surface area (TPSA) is 142 Å². The molecule has 3 atom stereocenters. The van der Waals surface area contributed by atoms with Crippen molar-refractivity contribution in [2.24, 2.45) is 5.73 Å². The Morgan fingerprint density at radius 3 is 2.11 bits per heavy atom. The number of quaternary nitrogens is 1. The number of rotatable bonds is 12. The van der Waals surface area contributed by atoms with E-state index in [4.69, 9.17) is 10.5 Å². The molecule has 0 aliphatic carbocycles. The molecule has 1 heterocycles. The molecular formula is C35H45N4O6+. The number of amides is 3. The monoisotopic (exact) mass is 617 g/mol. The molecule has 0 spiro atoms. The van der Waals surface area contributed by atoms with Crippen molar-refractivity contribution < 1.29 is 33.8 Å². The Morgan fingerprint density at radius 1 is 0.956 bits per heavy atom. The number of urea groups is 1. The average Bonchev–Trinajstić information content (AvgIpc) is 2.99. The molecule has 0 radical (unpaired) electrons. The number of hydrogen-bond donors (Lipinski definition) is 4. The Hall–Kier alpha value is -4.57. The van der Waals surface area contributed by atoms with Crippen LogP contribution in [0.25, 0.3) is 0 Å². The van der Waals surface area contributed by atoms with Gasteiger partial charge in [0.05, 0.1) is 37.3 Å². The van der Waals surface area contributed by atoms with Gasteiger partial charge in [0.2, 0.25) is 5.91 Å². The maximum Gasteiger partial charge on any atom is 0.338 e. The molecule has 0 aromatic heterocycles. The summed E-state index contributed by atoms with van der Waals surface area (Å²) in [6, 6.07) is 18.5. The highest BCUT2D eigenvalue weighted by atomic mass is 16.5. The highest BCUT2D eigenvalue weighted by Crippen LogP contribution is 2.30. The predicted octanol–water partition coefficient (Wildman–Crippen LogP) is 5.18. The summed E-state index contributed by atoms with van der Waals surface area (Å²) in [6.07, 6.45) is 2.42. The summed E-state index contributed by atoms with van der Waals surface area (Å²) in [5.41, 5.74) is 8.70. The number of aromatic hydroxyl groups is 2. The van der Waals surface area contributed by atoms with Crippen LogP contribution in [0.4, 0.5) is 10.5 Å². The van der Waals surface area contributed by atoms with Gasteiger partial charge in [-0.15, -0.1) is 0 Å². The minimum Gasteiger partial charge on any atom is -0.508 e. The summed E-state index contributed by atoms with van der Waals surface area (Å²) in [6.45, 7) is 8.86. The Morgan fingerprint density at radius 2 is 1.56 bits per heavy atom. The standard InChI is InChI=1S/C35H44N4O6/c1-4-19-39(22-26-9-17-31(41)18-10-26)20-5-6-29(23-39)38(32(33(36)42)21-25-7-15-30(40)16-8-25)35(44)37-28-13-11-27(12-14-28)34(43)45-24(2)3/h7-18,24,29,32H,4-6,19-23H2,1-3H3,(H4-,36,37,40,41,42,43,44)/p+1/t29-,32+,39?/m1/s1. The lowest BCUT2D eigenvalue weighted by Crippen LogP contribution is -2.64. The van der Waals surface area contributed by atoms with Gasteiger partial charge >= 0.3 is 12.0 Å². The molecular weight excluding hydrogens is 572 g/mol. The molecule has 45 heavy (non-hydrogen) atoms. The zero-order valence-electron chi connectivity index (χ0n) is 26.3. The first-order chi connectivity index (χ1) is 21.5. The van der Waals surface area contributed by atoms with Crippen molar-refractivity contribution in [1.82, 2.24) is 4.90 Å². The number of carbonyl (C=O) groups excluding carboxylic acids is 3. The number of phenols is 2. The first kappa shape index (κ1) is 33.3. The van der Waals surface area contributed by atoms with Gasteiger partial charge in [0.1, 0.15) is 24.1 Å². The number of esters is 1. The number of nitrogens with zero attached hydrogens (tertiary/aromatic N) is 2. The number of hydrogen-bond acceptors (Lipinski definition) is 6. The summed E-state index contributed by atoms with van der Waals surface area (Å²) < 4.78 is 6.00. The molecule has 240 valence electrons. The van der Waals surface area contributed by atoms with Crippen molar-refractivity contribution in [3.63, 3.8) is 0 Å². The van der Waals surface area contributed by atoms with E-state index in [1.165, 1.54) is 0 Å². The highest BCUT2D eigenvalue weighted by Gasteiger charge is 2.42. The van der Waals surface area contributed by atoms with Gasteiger partial charge in [0.25, 0.3) is 0 Å². The number of benzene rings is 3. The number of phenolic OH excluding ortho intramolecular Hbond substituents is 2. The summed E-state index contributed by atoms with van der Waals surface area (Å²) >= 11 is 0. The minimum atomic E-state index is -0.949. The molecule has 1 aliphatic rings. The predicted molar refractivity (Wildman–Crippen MR) is 173 cm³/mol. The average molecular weight is 618 g/mol. The van der Waals surface area contributed by atoms with Crippen molar-refractivity contribution in [2.75, 3.05) is 25.0 Å². The third-order valence-corrected chi connectivity index (χ3v) is 8.29.